The van der Waals surface area contributed by atoms with Crippen LogP contribution in [0.3, 0.4) is 0 Å². The fraction of sp³-hybridized carbons (Fsp3) is 0.588. The lowest BCUT2D eigenvalue weighted by Gasteiger charge is -2.33. The smallest absolute Gasteiger partial charge is 0.374 e. The van der Waals surface area contributed by atoms with E-state index in [2.05, 4.69) is 29.2 Å². The van der Waals surface area contributed by atoms with Crippen LogP contribution in [0.1, 0.15) is 13.8 Å². The van der Waals surface area contributed by atoms with Crippen LogP contribution in [0.25, 0.3) is 10.7 Å². The Morgan fingerprint density at radius 3 is 3.08 bits per heavy atom. The Bertz CT molecular complexity index is 768. The fourth-order valence-corrected chi connectivity index (χ4v) is 3.72. The number of hydrogen-bond donors (Lipinski definition) is 1. The van der Waals surface area contributed by atoms with Crippen molar-refractivity contribution >= 4 is 17.2 Å². The van der Waals surface area contributed by atoms with Gasteiger partial charge in [0.2, 0.25) is 5.91 Å². The Kier molecular flexibility index (Phi) is 6.23. The van der Waals surface area contributed by atoms with Crippen molar-refractivity contribution in [1.82, 2.24) is 19.9 Å². The summed E-state index contributed by atoms with van der Waals surface area (Å²) in [5, 5.41) is 8.50. The van der Waals surface area contributed by atoms with E-state index in [0.29, 0.717) is 24.9 Å². The van der Waals surface area contributed by atoms with Gasteiger partial charge >= 0.3 is 5.76 Å². The summed E-state index contributed by atoms with van der Waals surface area (Å²) in [6.07, 6.45) is -0.0394. The fourth-order valence-electron chi connectivity index (χ4n) is 3.00. The summed E-state index contributed by atoms with van der Waals surface area (Å²) in [5.74, 6) is 0.0647. The molecule has 8 nitrogen and oxygen atoms in total. The Morgan fingerprint density at radius 2 is 2.35 bits per heavy atom. The zero-order valence-electron chi connectivity index (χ0n) is 15.0. The van der Waals surface area contributed by atoms with Crippen molar-refractivity contribution in [3.63, 3.8) is 0 Å². The molecule has 2 aromatic heterocycles. The van der Waals surface area contributed by atoms with Crippen molar-refractivity contribution in [1.29, 1.82) is 0 Å². The monoisotopic (exact) mass is 380 g/mol. The summed E-state index contributed by atoms with van der Waals surface area (Å²) in [6, 6.07) is 3.68. The molecule has 0 saturated carbocycles. The van der Waals surface area contributed by atoms with E-state index < -0.39 is 5.76 Å². The minimum absolute atomic E-state index is 0.0394. The van der Waals surface area contributed by atoms with Gasteiger partial charge in [-0.15, -0.1) is 11.3 Å². The van der Waals surface area contributed by atoms with Gasteiger partial charge in [-0.1, -0.05) is 25.1 Å². The third kappa shape index (κ3) is 4.80. The van der Waals surface area contributed by atoms with Gasteiger partial charge < -0.3 is 10.1 Å². The van der Waals surface area contributed by atoms with Crippen LogP contribution in [-0.4, -0.2) is 59.4 Å². The molecule has 1 N–H and O–H groups in total. The Labute approximate surface area is 155 Å². The van der Waals surface area contributed by atoms with Crippen molar-refractivity contribution in [2.24, 2.45) is 5.92 Å². The van der Waals surface area contributed by atoms with Gasteiger partial charge in [-0.3, -0.25) is 14.2 Å². The number of nitrogens with zero attached hydrogens (tertiary/aromatic N) is 3. The second-order valence-corrected chi connectivity index (χ2v) is 7.73. The normalized spacial score (nSPS) is 18.3. The minimum atomic E-state index is -0.638. The van der Waals surface area contributed by atoms with Crippen LogP contribution in [0.2, 0.25) is 0 Å². The first kappa shape index (κ1) is 18.8. The maximum absolute atomic E-state index is 12.3. The topological polar surface area (TPSA) is 89.6 Å². The Morgan fingerprint density at radius 1 is 1.50 bits per heavy atom. The lowest BCUT2D eigenvalue weighted by molar-refractivity contribution is -0.123. The van der Waals surface area contributed by atoms with Gasteiger partial charge in [0.15, 0.2) is 5.82 Å². The number of amides is 1. The highest BCUT2D eigenvalue weighted by molar-refractivity contribution is 7.13. The van der Waals surface area contributed by atoms with E-state index >= 15 is 0 Å². The van der Waals surface area contributed by atoms with Crippen molar-refractivity contribution < 1.29 is 14.1 Å². The lowest BCUT2D eigenvalue weighted by Crippen LogP contribution is -2.48. The predicted octanol–water partition coefficient (Wildman–Crippen LogP) is 1.04. The number of carbonyl (C=O) groups is 1. The van der Waals surface area contributed by atoms with E-state index in [9.17, 15) is 9.59 Å². The first-order valence-corrected chi connectivity index (χ1v) is 9.62. The van der Waals surface area contributed by atoms with Gasteiger partial charge in [-0.05, 0) is 17.4 Å². The van der Waals surface area contributed by atoms with E-state index in [1.54, 1.807) is 0 Å². The molecule has 0 radical (unpaired) electrons. The summed E-state index contributed by atoms with van der Waals surface area (Å²) in [4.78, 5) is 27.3. The molecule has 1 unspecified atom stereocenters. The van der Waals surface area contributed by atoms with E-state index in [-0.39, 0.29) is 18.6 Å². The molecule has 1 aliphatic heterocycles. The molecule has 1 atom stereocenters. The second-order valence-electron chi connectivity index (χ2n) is 6.79. The van der Waals surface area contributed by atoms with Crippen molar-refractivity contribution in [2.45, 2.75) is 26.5 Å². The van der Waals surface area contributed by atoms with Crippen LogP contribution >= 0.6 is 11.3 Å². The van der Waals surface area contributed by atoms with Crippen LogP contribution in [0, 0.1) is 5.92 Å². The molecule has 3 heterocycles. The predicted molar refractivity (Wildman–Crippen MR) is 98.1 cm³/mol. The molecule has 26 heavy (non-hydrogen) atoms. The standard InChI is InChI=1S/C17H24N4O4S/c1-12(2)9-20-5-6-24-13(10-20)8-18-15(22)11-21-16(19-25-17(21)23)14-4-3-7-26-14/h3-4,7,12-13H,5-6,8-11H2,1-2H3,(H,18,22). The lowest BCUT2D eigenvalue weighted by atomic mass is 10.2. The molecule has 1 aliphatic rings. The summed E-state index contributed by atoms with van der Waals surface area (Å²) in [7, 11) is 0. The van der Waals surface area contributed by atoms with Gasteiger partial charge in [0.1, 0.15) is 6.54 Å². The van der Waals surface area contributed by atoms with Gasteiger partial charge in [-0.2, -0.15) is 0 Å². The van der Waals surface area contributed by atoms with Gasteiger partial charge in [0.25, 0.3) is 0 Å². The molecule has 0 aliphatic carbocycles. The number of aromatic nitrogens is 2. The summed E-state index contributed by atoms with van der Waals surface area (Å²) in [6.45, 7) is 8.08. The molecular weight excluding hydrogens is 356 g/mol. The highest BCUT2D eigenvalue weighted by Gasteiger charge is 2.22. The zero-order valence-corrected chi connectivity index (χ0v) is 15.8. The van der Waals surface area contributed by atoms with Crippen LogP contribution in [0.5, 0.6) is 0 Å². The molecule has 2 aromatic rings. The number of ether oxygens (including phenoxy) is 1. The number of carbonyl (C=O) groups excluding carboxylic acids is 1. The van der Waals surface area contributed by atoms with Crippen LogP contribution in [-0.2, 0) is 16.1 Å². The molecule has 142 valence electrons. The van der Waals surface area contributed by atoms with Crippen molar-refractivity contribution in [3.8, 4) is 10.7 Å². The molecule has 1 amide bonds. The molecular formula is C17H24N4O4S. The molecule has 9 heteroatoms. The van der Waals surface area contributed by atoms with Crippen molar-refractivity contribution in [2.75, 3.05) is 32.8 Å². The van der Waals surface area contributed by atoms with E-state index in [4.69, 9.17) is 9.26 Å². The first-order chi connectivity index (χ1) is 12.5. The third-order valence-corrected chi connectivity index (χ3v) is 4.97. The average Bonchev–Trinajstić information content (AvgIpc) is 3.23. The average molecular weight is 380 g/mol. The molecule has 0 spiro atoms. The number of hydrogen-bond acceptors (Lipinski definition) is 7. The van der Waals surface area contributed by atoms with Crippen molar-refractivity contribution in [3.05, 3.63) is 28.1 Å². The molecule has 0 aromatic carbocycles. The molecule has 1 saturated heterocycles. The molecule has 1 fully saturated rings. The summed E-state index contributed by atoms with van der Waals surface area (Å²) >= 11 is 1.43. The van der Waals surface area contributed by atoms with Gasteiger partial charge in [0.05, 0.1) is 17.6 Å². The van der Waals surface area contributed by atoms with Gasteiger partial charge in [-0.25, -0.2) is 9.36 Å². The quantitative estimate of drug-likeness (QED) is 0.772. The summed E-state index contributed by atoms with van der Waals surface area (Å²) in [5.41, 5.74) is 0. The first-order valence-electron chi connectivity index (χ1n) is 8.74. The number of rotatable bonds is 7. The number of morpholine rings is 1. The highest BCUT2D eigenvalue weighted by atomic mass is 32.1. The third-order valence-electron chi connectivity index (χ3n) is 4.10. The SMILES string of the molecule is CC(C)CN1CCOC(CNC(=O)Cn2c(-c3cccs3)noc2=O)C1. The Balaban J connectivity index is 1.54. The number of nitrogens with one attached hydrogen (secondary N) is 1. The zero-order chi connectivity index (χ0) is 18.5. The van der Waals surface area contributed by atoms with Crippen LogP contribution in [0.15, 0.2) is 26.8 Å². The van der Waals surface area contributed by atoms with Crippen LogP contribution < -0.4 is 11.1 Å². The highest BCUT2D eigenvalue weighted by Crippen LogP contribution is 2.21. The second kappa shape index (κ2) is 8.61. The largest absolute Gasteiger partial charge is 0.442 e. The minimum Gasteiger partial charge on any atom is -0.374 e. The number of thiophene rings is 1. The van der Waals surface area contributed by atoms with E-state index in [1.807, 2.05) is 17.5 Å². The Hall–Kier alpha value is -1.97. The molecule has 3 rings (SSSR count). The van der Waals surface area contributed by atoms with Gasteiger partial charge in [0, 0.05) is 26.2 Å². The van der Waals surface area contributed by atoms with Crippen LogP contribution in [0.4, 0.5) is 0 Å². The summed E-state index contributed by atoms with van der Waals surface area (Å²) < 4.78 is 11.7. The maximum atomic E-state index is 12.3. The van der Waals surface area contributed by atoms with E-state index in [0.717, 1.165) is 24.5 Å². The maximum Gasteiger partial charge on any atom is 0.442 e. The van der Waals surface area contributed by atoms with E-state index in [1.165, 1.54) is 15.9 Å². The molecule has 0 bridgehead atoms.